The minimum atomic E-state index is -0.697. The van der Waals surface area contributed by atoms with E-state index in [4.69, 9.17) is 0 Å². The molecule has 0 amide bonds. The zero-order chi connectivity index (χ0) is 12.6. The van der Waals surface area contributed by atoms with Crippen molar-refractivity contribution in [3.63, 3.8) is 0 Å². The number of hydrogen-bond donors (Lipinski definition) is 1. The predicted octanol–water partition coefficient (Wildman–Crippen LogP) is 1.86. The molecule has 1 aromatic rings. The Balaban J connectivity index is 2.34. The Hall–Kier alpha value is -1.62. The van der Waals surface area contributed by atoms with Crippen LogP contribution in [0.1, 0.15) is 18.9 Å². The number of anilines is 1. The summed E-state index contributed by atoms with van der Waals surface area (Å²) in [7, 11) is 0. The van der Waals surface area contributed by atoms with Crippen LogP contribution < -0.4 is 4.90 Å². The third-order valence-corrected chi connectivity index (χ3v) is 3.27. The van der Waals surface area contributed by atoms with Gasteiger partial charge >= 0.3 is 0 Å². The maximum Gasteiger partial charge on any atom is 0.274 e. The second kappa shape index (κ2) is 4.00. The highest BCUT2D eigenvalue weighted by molar-refractivity contribution is 5.62. The highest BCUT2D eigenvalue weighted by atomic mass is 16.6. The van der Waals surface area contributed by atoms with Crippen LogP contribution in [0.15, 0.2) is 18.2 Å². The maximum atomic E-state index is 10.9. The van der Waals surface area contributed by atoms with Crippen molar-refractivity contribution in [2.45, 2.75) is 25.9 Å². The molecule has 1 atom stereocenters. The van der Waals surface area contributed by atoms with Gasteiger partial charge in [0, 0.05) is 24.8 Å². The highest BCUT2D eigenvalue weighted by Gasteiger charge is 2.32. The van der Waals surface area contributed by atoms with Crippen molar-refractivity contribution in [3.8, 4) is 0 Å². The first-order chi connectivity index (χ1) is 7.91. The molecule has 1 heterocycles. The van der Waals surface area contributed by atoms with Crippen LogP contribution in [-0.4, -0.2) is 28.7 Å². The third-order valence-electron chi connectivity index (χ3n) is 3.27. The molecule has 92 valence electrons. The molecular formula is C12H16N2O3. The molecule has 1 saturated heterocycles. The summed E-state index contributed by atoms with van der Waals surface area (Å²) in [4.78, 5) is 12.5. The molecular weight excluding hydrogens is 220 g/mol. The Morgan fingerprint density at radius 1 is 1.53 bits per heavy atom. The van der Waals surface area contributed by atoms with Crippen LogP contribution in [0, 0.1) is 17.0 Å². The van der Waals surface area contributed by atoms with E-state index < -0.39 is 5.60 Å². The Morgan fingerprint density at radius 2 is 2.24 bits per heavy atom. The first kappa shape index (κ1) is 11.9. The van der Waals surface area contributed by atoms with Gasteiger partial charge in [0.25, 0.3) is 5.69 Å². The summed E-state index contributed by atoms with van der Waals surface area (Å²) in [5.74, 6) is 0. The van der Waals surface area contributed by atoms with Crippen molar-refractivity contribution < 1.29 is 10.0 Å². The van der Waals surface area contributed by atoms with Crippen LogP contribution in [-0.2, 0) is 0 Å². The van der Waals surface area contributed by atoms with Crippen molar-refractivity contribution in [2.75, 3.05) is 18.0 Å². The number of nitro groups is 1. The normalized spacial score (nSPS) is 24.1. The predicted molar refractivity (Wildman–Crippen MR) is 65.3 cm³/mol. The van der Waals surface area contributed by atoms with E-state index in [-0.39, 0.29) is 10.6 Å². The van der Waals surface area contributed by atoms with Gasteiger partial charge in [-0.15, -0.1) is 0 Å². The SMILES string of the molecule is Cc1c(N2CCC(C)(O)C2)cccc1[N+](=O)[O-]. The number of hydrogen-bond acceptors (Lipinski definition) is 4. The second-order valence-corrected chi connectivity index (χ2v) is 4.85. The van der Waals surface area contributed by atoms with Crippen molar-refractivity contribution >= 4 is 11.4 Å². The molecule has 1 aliphatic heterocycles. The topological polar surface area (TPSA) is 66.6 Å². The van der Waals surface area contributed by atoms with E-state index in [0.717, 1.165) is 12.2 Å². The lowest BCUT2D eigenvalue weighted by Gasteiger charge is -2.22. The molecule has 0 radical (unpaired) electrons. The van der Waals surface area contributed by atoms with Crippen molar-refractivity contribution in [3.05, 3.63) is 33.9 Å². The number of rotatable bonds is 2. The molecule has 0 bridgehead atoms. The van der Waals surface area contributed by atoms with Crippen molar-refractivity contribution in [1.82, 2.24) is 0 Å². The maximum absolute atomic E-state index is 10.9. The fraction of sp³-hybridized carbons (Fsp3) is 0.500. The fourth-order valence-corrected chi connectivity index (χ4v) is 2.30. The van der Waals surface area contributed by atoms with Gasteiger partial charge in [0.15, 0.2) is 0 Å². The van der Waals surface area contributed by atoms with Gasteiger partial charge in [-0.3, -0.25) is 10.1 Å². The number of benzene rings is 1. The monoisotopic (exact) mass is 236 g/mol. The van der Waals surface area contributed by atoms with Gasteiger partial charge in [-0.25, -0.2) is 0 Å². The Labute approximate surface area is 99.8 Å². The molecule has 17 heavy (non-hydrogen) atoms. The van der Waals surface area contributed by atoms with Crippen LogP contribution >= 0.6 is 0 Å². The van der Waals surface area contributed by atoms with Gasteiger partial charge in [0.1, 0.15) is 0 Å². The van der Waals surface area contributed by atoms with Crippen molar-refractivity contribution in [1.29, 1.82) is 0 Å². The molecule has 0 aliphatic carbocycles. The van der Waals surface area contributed by atoms with Gasteiger partial charge in [-0.05, 0) is 26.3 Å². The largest absolute Gasteiger partial charge is 0.388 e. The van der Waals surface area contributed by atoms with Crippen LogP contribution in [0.25, 0.3) is 0 Å². The Bertz CT molecular complexity index is 457. The minimum absolute atomic E-state index is 0.133. The lowest BCUT2D eigenvalue weighted by molar-refractivity contribution is -0.385. The number of nitrogens with zero attached hydrogens (tertiary/aromatic N) is 2. The summed E-state index contributed by atoms with van der Waals surface area (Å²) < 4.78 is 0. The van der Waals surface area contributed by atoms with Crippen LogP contribution in [0.5, 0.6) is 0 Å². The smallest absolute Gasteiger partial charge is 0.274 e. The van der Waals surface area contributed by atoms with Gasteiger partial charge in [0.2, 0.25) is 0 Å². The standard InChI is InChI=1S/C12H16N2O3/c1-9-10(4-3-5-11(9)14(16)17)13-7-6-12(2,15)8-13/h3-5,15H,6-8H2,1-2H3. The molecule has 1 unspecified atom stereocenters. The number of aliphatic hydroxyl groups is 1. The summed E-state index contributed by atoms with van der Waals surface area (Å²) in [5.41, 5.74) is 0.943. The van der Waals surface area contributed by atoms with Gasteiger partial charge in [-0.2, -0.15) is 0 Å². The molecule has 1 fully saturated rings. The molecule has 0 saturated carbocycles. The van der Waals surface area contributed by atoms with Crippen LogP contribution in [0.2, 0.25) is 0 Å². The molecule has 2 rings (SSSR count). The molecule has 0 spiro atoms. The molecule has 5 heteroatoms. The summed E-state index contributed by atoms with van der Waals surface area (Å²) in [6.45, 7) is 4.80. The van der Waals surface area contributed by atoms with Crippen molar-refractivity contribution in [2.24, 2.45) is 0 Å². The summed E-state index contributed by atoms with van der Waals surface area (Å²) in [6.07, 6.45) is 0.690. The van der Waals surface area contributed by atoms with E-state index in [1.54, 1.807) is 19.9 Å². The molecule has 1 aliphatic rings. The van der Waals surface area contributed by atoms with E-state index in [2.05, 4.69) is 0 Å². The summed E-state index contributed by atoms with van der Waals surface area (Å²) in [5, 5.41) is 20.8. The first-order valence-electron chi connectivity index (χ1n) is 5.62. The minimum Gasteiger partial charge on any atom is -0.388 e. The molecule has 5 nitrogen and oxygen atoms in total. The van der Waals surface area contributed by atoms with Crippen LogP contribution in [0.4, 0.5) is 11.4 Å². The lowest BCUT2D eigenvalue weighted by Crippen LogP contribution is -2.29. The quantitative estimate of drug-likeness (QED) is 0.628. The number of nitro benzene ring substituents is 1. The molecule has 0 aromatic heterocycles. The Kier molecular flexibility index (Phi) is 2.79. The average molecular weight is 236 g/mol. The van der Waals surface area contributed by atoms with Gasteiger partial charge < -0.3 is 10.0 Å². The van der Waals surface area contributed by atoms with E-state index in [0.29, 0.717) is 18.5 Å². The van der Waals surface area contributed by atoms with Crippen LogP contribution in [0.3, 0.4) is 0 Å². The Morgan fingerprint density at radius 3 is 2.76 bits per heavy atom. The highest BCUT2D eigenvalue weighted by Crippen LogP contribution is 2.32. The van der Waals surface area contributed by atoms with E-state index in [1.807, 2.05) is 11.0 Å². The van der Waals surface area contributed by atoms with E-state index >= 15 is 0 Å². The lowest BCUT2D eigenvalue weighted by atomic mass is 10.1. The van der Waals surface area contributed by atoms with Gasteiger partial charge in [0.05, 0.1) is 16.1 Å². The third kappa shape index (κ3) is 2.24. The first-order valence-corrected chi connectivity index (χ1v) is 5.62. The second-order valence-electron chi connectivity index (χ2n) is 4.85. The number of β-amino-alcohol motifs (C(OH)–C–C–N with tert-alkyl or cyclic N) is 1. The summed E-state index contributed by atoms with van der Waals surface area (Å²) in [6, 6.07) is 5.06. The molecule has 1 aromatic carbocycles. The zero-order valence-corrected chi connectivity index (χ0v) is 10.0. The van der Waals surface area contributed by atoms with Gasteiger partial charge in [-0.1, -0.05) is 6.07 Å². The van der Waals surface area contributed by atoms with E-state index in [9.17, 15) is 15.2 Å². The zero-order valence-electron chi connectivity index (χ0n) is 10.0. The summed E-state index contributed by atoms with van der Waals surface area (Å²) >= 11 is 0. The fourth-order valence-electron chi connectivity index (χ4n) is 2.30. The average Bonchev–Trinajstić information content (AvgIpc) is 2.58. The van der Waals surface area contributed by atoms with E-state index in [1.165, 1.54) is 6.07 Å². The molecule has 1 N–H and O–H groups in total.